The number of amides is 1. The molecule has 0 saturated heterocycles. The molecule has 0 aliphatic carbocycles. The van der Waals surface area contributed by atoms with Crippen molar-refractivity contribution >= 4 is 11.7 Å². The summed E-state index contributed by atoms with van der Waals surface area (Å²) in [5.41, 5.74) is 2.46. The van der Waals surface area contributed by atoms with Gasteiger partial charge in [0.2, 0.25) is 6.79 Å². The highest BCUT2D eigenvalue weighted by Gasteiger charge is 2.15. The third kappa shape index (κ3) is 3.73. The predicted molar refractivity (Wildman–Crippen MR) is 102 cm³/mol. The van der Waals surface area contributed by atoms with Gasteiger partial charge < -0.3 is 20.1 Å². The van der Waals surface area contributed by atoms with Crippen LogP contribution >= 0.6 is 0 Å². The Hall–Kier alpha value is -3.62. The highest BCUT2D eigenvalue weighted by atomic mass is 16.7. The van der Waals surface area contributed by atoms with Crippen LogP contribution in [0.4, 0.5) is 5.82 Å². The van der Waals surface area contributed by atoms with E-state index in [9.17, 15) is 4.79 Å². The van der Waals surface area contributed by atoms with Crippen molar-refractivity contribution < 1.29 is 14.3 Å². The maximum atomic E-state index is 12.2. The molecule has 9 nitrogen and oxygen atoms in total. The molecule has 4 rings (SSSR count). The van der Waals surface area contributed by atoms with Crippen molar-refractivity contribution in [2.24, 2.45) is 0 Å². The first kappa shape index (κ1) is 17.8. The maximum Gasteiger partial charge on any atom is 0.251 e. The Bertz CT molecular complexity index is 999. The van der Waals surface area contributed by atoms with Crippen LogP contribution in [0.3, 0.4) is 0 Å². The molecule has 1 aliphatic rings. The highest BCUT2D eigenvalue weighted by Crippen LogP contribution is 2.32. The summed E-state index contributed by atoms with van der Waals surface area (Å²) < 4.78 is 12.3. The van der Waals surface area contributed by atoms with E-state index in [2.05, 4.69) is 25.9 Å². The van der Waals surface area contributed by atoms with Crippen molar-refractivity contribution in [2.75, 3.05) is 25.2 Å². The third-order valence-electron chi connectivity index (χ3n) is 4.23. The Kier molecular flexibility index (Phi) is 4.79. The van der Waals surface area contributed by atoms with E-state index in [-0.39, 0.29) is 12.7 Å². The topological polar surface area (TPSA) is 103 Å². The lowest BCUT2D eigenvalue weighted by Gasteiger charge is -2.08. The van der Waals surface area contributed by atoms with E-state index in [4.69, 9.17) is 9.47 Å². The number of aryl methyl sites for hydroxylation is 2. The number of carbonyl (C=O) groups is 1. The second-order valence-electron chi connectivity index (χ2n) is 6.37. The molecule has 0 atom stereocenters. The minimum absolute atomic E-state index is 0.175. The van der Waals surface area contributed by atoms with Crippen molar-refractivity contribution in [3.05, 3.63) is 53.3 Å². The average molecular weight is 380 g/mol. The number of aromatic nitrogens is 4. The van der Waals surface area contributed by atoms with Gasteiger partial charge in [-0.1, -0.05) is 0 Å². The zero-order valence-electron chi connectivity index (χ0n) is 15.6. The van der Waals surface area contributed by atoms with E-state index >= 15 is 0 Å². The number of hydrogen-bond acceptors (Lipinski definition) is 7. The molecule has 0 radical (unpaired) electrons. The minimum atomic E-state index is -0.175. The van der Waals surface area contributed by atoms with Crippen molar-refractivity contribution in [1.82, 2.24) is 25.3 Å². The minimum Gasteiger partial charge on any atom is -0.454 e. The van der Waals surface area contributed by atoms with Crippen LogP contribution < -0.4 is 20.1 Å². The van der Waals surface area contributed by atoms with Crippen LogP contribution in [0.1, 0.15) is 21.7 Å². The first-order valence-electron chi connectivity index (χ1n) is 8.89. The Morgan fingerprint density at radius 3 is 2.68 bits per heavy atom. The van der Waals surface area contributed by atoms with Crippen LogP contribution in [0, 0.1) is 13.8 Å². The molecule has 3 aromatic rings. The number of ether oxygens (including phenoxy) is 2. The predicted octanol–water partition coefficient (Wildman–Crippen LogP) is 1.85. The molecule has 0 unspecified atom stereocenters. The van der Waals surface area contributed by atoms with Crippen molar-refractivity contribution in [2.45, 2.75) is 13.8 Å². The van der Waals surface area contributed by atoms with Gasteiger partial charge in [0.1, 0.15) is 5.82 Å². The number of rotatable bonds is 6. The van der Waals surface area contributed by atoms with Gasteiger partial charge in [-0.25, -0.2) is 4.68 Å². The van der Waals surface area contributed by atoms with Gasteiger partial charge in [0, 0.05) is 24.3 Å². The summed E-state index contributed by atoms with van der Waals surface area (Å²) in [7, 11) is 0. The fraction of sp³-hybridized carbons (Fsp3) is 0.263. The van der Waals surface area contributed by atoms with Gasteiger partial charge >= 0.3 is 0 Å². The molecular formula is C19H20N6O3. The molecule has 28 heavy (non-hydrogen) atoms. The van der Waals surface area contributed by atoms with Crippen LogP contribution in [0.2, 0.25) is 0 Å². The summed E-state index contributed by atoms with van der Waals surface area (Å²) in [6.07, 6.45) is 0. The standard InChI is InChI=1S/C19H20N6O3/c1-12-9-13(2)25(24-12)18-6-5-17(22-23-18)20-7-8-21-19(26)14-3-4-15-16(10-14)28-11-27-15/h3-6,9-10H,7-8,11H2,1-2H3,(H,20,22)(H,21,26). The number of nitrogens with one attached hydrogen (secondary N) is 2. The normalized spacial score (nSPS) is 12.1. The van der Waals surface area contributed by atoms with Crippen molar-refractivity contribution in [3.63, 3.8) is 0 Å². The molecule has 0 bridgehead atoms. The molecule has 0 fully saturated rings. The zero-order valence-corrected chi connectivity index (χ0v) is 15.6. The Morgan fingerprint density at radius 1 is 1.07 bits per heavy atom. The van der Waals surface area contributed by atoms with Gasteiger partial charge in [0.25, 0.3) is 5.91 Å². The molecule has 2 aromatic heterocycles. The van der Waals surface area contributed by atoms with Gasteiger partial charge in [0.05, 0.1) is 5.69 Å². The van der Waals surface area contributed by atoms with E-state index in [1.807, 2.05) is 32.0 Å². The van der Waals surface area contributed by atoms with Crippen LogP contribution in [0.15, 0.2) is 36.4 Å². The van der Waals surface area contributed by atoms with Crippen molar-refractivity contribution in [3.8, 4) is 17.3 Å². The summed E-state index contributed by atoms with van der Waals surface area (Å²) in [6.45, 7) is 5.05. The van der Waals surface area contributed by atoms with Gasteiger partial charge in [0.15, 0.2) is 17.3 Å². The lowest BCUT2D eigenvalue weighted by molar-refractivity contribution is 0.0954. The first-order valence-corrected chi connectivity index (χ1v) is 8.89. The Labute approximate surface area is 161 Å². The summed E-state index contributed by atoms with van der Waals surface area (Å²) in [4.78, 5) is 12.2. The smallest absolute Gasteiger partial charge is 0.251 e. The number of hydrogen-bond donors (Lipinski definition) is 2. The van der Waals surface area contributed by atoms with Crippen LogP contribution in [-0.2, 0) is 0 Å². The second kappa shape index (κ2) is 7.55. The number of anilines is 1. The lowest BCUT2D eigenvalue weighted by atomic mass is 10.2. The van der Waals surface area contributed by atoms with E-state index in [0.29, 0.717) is 41.8 Å². The zero-order chi connectivity index (χ0) is 19.5. The lowest BCUT2D eigenvalue weighted by Crippen LogP contribution is -2.28. The molecule has 9 heteroatoms. The summed E-state index contributed by atoms with van der Waals surface area (Å²) >= 11 is 0. The number of benzene rings is 1. The molecular weight excluding hydrogens is 360 g/mol. The Balaban J connectivity index is 1.27. The highest BCUT2D eigenvalue weighted by molar-refractivity contribution is 5.94. The van der Waals surface area contributed by atoms with Gasteiger partial charge in [-0.3, -0.25) is 4.79 Å². The summed E-state index contributed by atoms with van der Waals surface area (Å²) in [5.74, 6) is 2.35. The number of nitrogens with zero attached hydrogens (tertiary/aromatic N) is 4. The van der Waals surface area contributed by atoms with E-state index < -0.39 is 0 Å². The second-order valence-corrected chi connectivity index (χ2v) is 6.37. The third-order valence-corrected chi connectivity index (χ3v) is 4.23. The van der Waals surface area contributed by atoms with Crippen LogP contribution in [-0.4, -0.2) is 45.8 Å². The SMILES string of the molecule is Cc1cc(C)n(-c2ccc(NCCNC(=O)c3ccc4c(c3)OCO4)nn2)n1. The monoisotopic (exact) mass is 380 g/mol. The molecule has 1 amide bonds. The quantitative estimate of drug-likeness (QED) is 0.629. The van der Waals surface area contributed by atoms with Gasteiger partial charge in [-0.2, -0.15) is 5.10 Å². The van der Waals surface area contributed by atoms with Crippen molar-refractivity contribution in [1.29, 1.82) is 0 Å². The van der Waals surface area contributed by atoms with E-state index in [1.54, 1.807) is 22.9 Å². The fourth-order valence-electron chi connectivity index (χ4n) is 2.90. The van der Waals surface area contributed by atoms with Crippen LogP contribution in [0.5, 0.6) is 11.5 Å². The van der Waals surface area contributed by atoms with E-state index in [0.717, 1.165) is 11.4 Å². The number of carbonyl (C=O) groups excluding carboxylic acids is 1. The molecule has 1 aliphatic heterocycles. The first-order chi connectivity index (χ1) is 13.6. The molecule has 0 saturated carbocycles. The molecule has 144 valence electrons. The molecule has 3 heterocycles. The van der Waals surface area contributed by atoms with Crippen LogP contribution in [0.25, 0.3) is 5.82 Å². The molecule has 1 aromatic carbocycles. The largest absolute Gasteiger partial charge is 0.454 e. The van der Waals surface area contributed by atoms with Gasteiger partial charge in [-0.05, 0) is 50.2 Å². The summed E-state index contributed by atoms with van der Waals surface area (Å²) in [6, 6.07) is 10.8. The average Bonchev–Trinajstić information content (AvgIpc) is 3.30. The van der Waals surface area contributed by atoms with E-state index in [1.165, 1.54) is 0 Å². The van der Waals surface area contributed by atoms with Gasteiger partial charge in [-0.15, -0.1) is 10.2 Å². The fourth-order valence-corrected chi connectivity index (χ4v) is 2.90. The number of fused-ring (bicyclic) bond motifs is 1. The Morgan fingerprint density at radius 2 is 1.93 bits per heavy atom. The molecule has 0 spiro atoms. The maximum absolute atomic E-state index is 12.2. The molecule has 2 N–H and O–H groups in total. The summed E-state index contributed by atoms with van der Waals surface area (Å²) in [5, 5.41) is 18.7.